The highest BCUT2D eigenvalue weighted by Crippen LogP contribution is 2.32. The maximum absolute atomic E-state index is 12.3. The highest BCUT2D eigenvalue weighted by atomic mass is 16.5. The van der Waals surface area contributed by atoms with Crippen LogP contribution in [0.4, 0.5) is 0 Å². The molecular formula is C13H21N3O2. The molecule has 1 aliphatic rings. The summed E-state index contributed by atoms with van der Waals surface area (Å²) in [6, 6.07) is 1.86. The van der Waals surface area contributed by atoms with Gasteiger partial charge in [0.2, 0.25) is 5.91 Å². The van der Waals surface area contributed by atoms with Crippen LogP contribution >= 0.6 is 0 Å². The third-order valence-electron chi connectivity index (χ3n) is 3.73. The summed E-state index contributed by atoms with van der Waals surface area (Å²) < 4.78 is 5.00. The third kappa shape index (κ3) is 2.72. The highest BCUT2D eigenvalue weighted by molar-refractivity contribution is 5.79. The molecule has 1 saturated carbocycles. The van der Waals surface area contributed by atoms with E-state index in [4.69, 9.17) is 10.3 Å². The van der Waals surface area contributed by atoms with Gasteiger partial charge in [-0.2, -0.15) is 0 Å². The van der Waals surface area contributed by atoms with Crippen LogP contribution in [0.1, 0.15) is 30.7 Å². The molecule has 0 aliphatic heterocycles. The lowest BCUT2D eigenvalue weighted by Gasteiger charge is -2.23. The molecule has 1 heterocycles. The molecular weight excluding hydrogens is 230 g/mol. The van der Waals surface area contributed by atoms with Crippen molar-refractivity contribution in [3.63, 3.8) is 0 Å². The predicted molar refractivity (Wildman–Crippen MR) is 67.6 cm³/mol. The van der Waals surface area contributed by atoms with E-state index >= 15 is 0 Å². The maximum Gasteiger partial charge on any atom is 0.226 e. The van der Waals surface area contributed by atoms with Crippen LogP contribution in [0.3, 0.4) is 0 Å². The van der Waals surface area contributed by atoms with E-state index in [9.17, 15) is 4.79 Å². The van der Waals surface area contributed by atoms with E-state index in [-0.39, 0.29) is 11.8 Å². The SMILES string of the molecule is Cc1cc(CN(C)C(=O)[C@@H]2CCC[C@@H]2CN)no1. The zero-order valence-electron chi connectivity index (χ0n) is 11.1. The topological polar surface area (TPSA) is 72.4 Å². The van der Waals surface area contributed by atoms with Crippen LogP contribution in [0.15, 0.2) is 10.6 Å². The fourth-order valence-corrected chi connectivity index (χ4v) is 2.74. The van der Waals surface area contributed by atoms with Gasteiger partial charge in [0.25, 0.3) is 0 Å². The molecule has 1 amide bonds. The fourth-order valence-electron chi connectivity index (χ4n) is 2.74. The van der Waals surface area contributed by atoms with Crippen molar-refractivity contribution in [2.24, 2.45) is 17.6 Å². The van der Waals surface area contributed by atoms with Crippen LogP contribution in [0.25, 0.3) is 0 Å². The lowest BCUT2D eigenvalue weighted by molar-refractivity contribution is -0.135. The molecule has 1 fully saturated rings. The Balaban J connectivity index is 1.96. The van der Waals surface area contributed by atoms with Crippen molar-refractivity contribution in [1.29, 1.82) is 0 Å². The van der Waals surface area contributed by atoms with Crippen LogP contribution in [0.2, 0.25) is 0 Å². The van der Waals surface area contributed by atoms with Crippen LogP contribution in [-0.2, 0) is 11.3 Å². The normalized spacial score (nSPS) is 23.3. The van der Waals surface area contributed by atoms with Crippen LogP contribution in [0, 0.1) is 18.8 Å². The molecule has 100 valence electrons. The van der Waals surface area contributed by atoms with E-state index in [0.717, 1.165) is 30.7 Å². The molecule has 0 radical (unpaired) electrons. The molecule has 1 aromatic rings. The molecule has 0 saturated heterocycles. The average Bonchev–Trinajstić information content (AvgIpc) is 2.96. The van der Waals surface area contributed by atoms with Gasteiger partial charge >= 0.3 is 0 Å². The molecule has 1 aromatic heterocycles. The Morgan fingerprint density at radius 2 is 2.39 bits per heavy atom. The molecule has 0 aromatic carbocycles. The maximum atomic E-state index is 12.3. The first-order chi connectivity index (χ1) is 8.61. The minimum Gasteiger partial charge on any atom is -0.361 e. The molecule has 5 heteroatoms. The Morgan fingerprint density at radius 1 is 1.61 bits per heavy atom. The predicted octanol–water partition coefficient (Wildman–Crippen LogP) is 1.32. The fraction of sp³-hybridized carbons (Fsp3) is 0.692. The number of aromatic nitrogens is 1. The van der Waals surface area contributed by atoms with Gasteiger partial charge in [-0.25, -0.2) is 0 Å². The molecule has 1 aliphatic carbocycles. The van der Waals surface area contributed by atoms with Crippen molar-refractivity contribution in [2.45, 2.75) is 32.7 Å². The summed E-state index contributed by atoms with van der Waals surface area (Å²) in [6.45, 7) is 2.96. The van der Waals surface area contributed by atoms with Crippen molar-refractivity contribution in [1.82, 2.24) is 10.1 Å². The van der Waals surface area contributed by atoms with Gasteiger partial charge in [0, 0.05) is 19.0 Å². The standard InChI is InChI=1S/C13H21N3O2/c1-9-6-11(15-18-9)8-16(2)13(17)12-5-3-4-10(12)7-14/h6,10,12H,3-5,7-8,14H2,1-2H3/t10-,12-/m1/s1. The summed E-state index contributed by atoms with van der Waals surface area (Å²) in [7, 11) is 1.82. The van der Waals surface area contributed by atoms with E-state index in [2.05, 4.69) is 5.16 Å². The average molecular weight is 251 g/mol. The van der Waals surface area contributed by atoms with Crippen LogP contribution in [-0.4, -0.2) is 29.6 Å². The summed E-state index contributed by atoms with van der Waals surface area (Å²) in [5, 5.41) is 3.91. The van der Waals surface area contributed by atoms with E-state index in [1.165, 1.54) is 0 Å². The monoisotopic (exact) mass is 251 g/mol. The Hall–Kier alpha value is -1.36. The quantitative estimate of drug-likeness (QED) is 0.876. The molecule has 2 atom stereocenters. The van der Waals surface area contributed by atoms with Gasteiger partial charge in [0.1, 0.15) is 11.5 Å². The molecule has 0 unspecified atom stereocenters. The van der Waals surface area contributed by atoms with E-state index in [1.54, 1.807) is 4.90 Å². The number of amides is 1. The number of nitrogens with two attached hydrogens (primary N) is 1. The molecule has 2 rings (SSSR count). The van der Waals surface area contributed by atoms with Gasteiger partial charge in [-0.05, 0) is 32.2 Å². The molecule has 0 spiro atoms. The number of hydrogen-bond acceptors (Lipinski definition) is 4. The zero-order chi connectivity index (χ0) is 13.1. The summed E-state index contributed by atoms with van der Waals surface area (Å²) in [5.41, 5.74) is 6.52. The highest BCUT2D eigenvalue weighted by Gasteiger charge is 2.33. The summed E-state index contributed by atoms with van der Waals surface area (Å²) in [4.78, 5) is 14.1. The second-order valence-electron chi connectivity index (χ2n) is 5.16. The van der Waals surface area contributed by atoms with Gasteiger partial charge < -0.3 is 15.2 Å². The first kappa shape index (κ1) is 13.1. The summed E-state index contributed by atoms with van der Waals surface area (Å²) >= 11 is 0. The van der Waals surface area contributed by atoms with Crippen LogP contribution in [0.5, 0.6) is 0 Å². The first-order valence-corrected chi connectivity index (χ1v) is 6.49. The van der Waals surface area contributed by atoms with E-state index in [0.29, 0.717) is 19.0 Å². The van der Waals surface area contributed by atoms with Gasteiger partial charge in [-0.3, -0.25) is 4.79 Å². The van der Waals surface area contributed by atoms with Crippen molar-refractivity contribution < 1.29 is 9.32 Å². The second kappa shape index (κ2) is 5.52. The Kier molecular flexibility index (Phi) is 4.01. The van der Waals surface area contributed by atoms with Crippen LogP contribution < -0.4 is 5.73 Å². The van der Waals surface area contributed by atoms with Gasteiger partial charge in [-0.1, -0.05) is 11.6 Å². The zero-order valence-corrected chi connectivity index (χ0v) is 11.1. The minimum atomic E-state index is 0.0907. The van der Waals surface area contributed by atoms with E-state index < -0.39 is 0 Å². The smallest absolute Gasteiger partial charge is 0.226 e. The Bertz CT molecular complexity index is 416. The Labute approximate surface area is 107 Å². The second-order valence-corrected chi connectivity index (χ2v) is 5.16. The van der Waals surface area contributed by atoms with Crippen molar-refractivity contribution >= 4 is 5.91 Å². The van der Waals surface area contributed by atoms with E-state index in [1.807, 2.05) is 20.0 Å². The number of carbonyl (C=O) groups excluding carboxylic acids is 1. The third-order valence-corrected chi connectivity index (χ3v) is 3.73. The first-order valence-electron chi connectivity index (χ1n) is 6.49. The summed E-state index contributed by atoms with van der Waals surface area (Å²) in [5.74, 6) is 1.39. The lowest BCUT2D eigenvalue weighted by atomic mass is 9.95. The summed E-state index contributed by atoms with van der Waals surface area (Å²) in [6.07, 6.45) is 3.14. The Morgan fingerprint density at radius 3 is 3.00 bits per heavy atom. The minimum absolute atomic E-state index is 0.0907. The van der Waals surface area contributed by atoms with Gasteiger partial charge in [0.15, 0.2) is 0 Å². The number of rotatable bonds is 4. The molecule has 2 N–H and O–H groups in total. The van der Waals surface area contributed by atoms with Gasteiger partial charge in [0.05, 0.1) is 6.54 Å². The number of aryl methyl sites for hydroxylation is 1. The lowest BCUT2D eigenvalue weighted by Crippen LogP contribution is -2.36. The number of carbonyl (C=O) groups is 1. The molecule has 18 heavy (non-hydrogen) atoms. The van der Waals surface area contributed by atoms with Crippen molar-refractivity contribution in [3.8, 4) is 0 Å². The molecule has 5 nitrogen and oxygen atoms in total. The number of hydrogen-bond donors (Lipinski definition) is 1. The van der Waals surface area contributed by atoms with Gasteiger partial charge in [-0.15, -0.1) is 0 Å². The van der Waals surface area contributed by atoms with Crippen molar-refractivity contribution in [2.75, 3.05) is 13.6 Å². The molecule has 0 bridgehead atoms. The number of nitrogens with zero attached hydrogens (tertiary/aromatic N) is 2. The largest absolute Gasteiger partial charge is 0.361 e. The van der Waals surface area contributed by atoms with Crippen molar-refractivity contribution in [3.05, 3.63) is 17.5 Å².